The molecule has 0 aromatic rings. The molecule has 0 bridgehead atoms. The number of amides is 6. The first-order valence-electron chi connectivity index (χ1n) is 5.30. The number of rotatable bonds is 2. The number of hydrazine groups is 4. The number of nitrogens with zero attached hydrogens (tertiary/aromatic N) is 2. The second-order valence-corrected chi connectivity index (χ2v) is 3.83. The molecule has 0 heterocycles. The van der Waals surface area contributed by atoms with Gasteiger partial charge in [0.1, 0.15) is 0 Å². The molecule has 0 saturated heterocycles. The van der Waals surface area contributed by atoms with Crippen molar-refractivity contribution in [1.82, 2.24) is 42.6 Å². The van der Waals surface area contributed by atoms with E-state index < -0.39 is 23.9 Å². The fraction of sp³-hybridized carbons (Fsp3) is 0.500. The Kier molecular flexibility index (Phi) is 7.39. The van der Waals surface area contributed by atoms with Crippen molar-refractivity contribution in [2.75, 3.05) is 28.2 Å². The predicted molar refractivity (Wildman–Crippen MR) is 67.0 cm³/mol. The lowest BCUT2D eigenvalue weighted by atomic mass is 10.6. The molecule has 20 heavy (non-hydrogen) atoms. The first-order chi connectivity index (χ1) is 9.22. The van der Waals surface area contributed by atoms with Crippen LogP contribution in [0, 0.1) is 0 Å². The molecule has 0 atom stereocenters. The van der Waals surface area contributed by atoms with Gasteiger partial charge in [-0.3, -0.25) is 31.3 Å². The van der Waals surface area contributed by atoms with Gasteiger partial charge in [0.2, 0.25) is 0 Å². The lowest BCUT2D eigenvalue weighted by molar-refractivity contribution is -0.140. The van der Waals surface area contributed by atoms with E-state index in [1.54, 1.807) is 28.2 Å². The molecular formula is C8H18N8O4. The van der Waals surface area contributed by atoms with Crippen LogP contribution in [0.5, 0.6) is 0 Å². The summed E-state index contributed by atoms with van der Waals surface area (Å²) in [5.74, 6) is -2.33. The minimum absolute atomic E-state index is 0.741. The Balaban J connectivity index is 3.96. The standard InChI is InChI=1S/C8H18N8O4/c1-15(2)13-7(19)11-9-5(17)6(18)10-12-8(20)14-16(3)4/h1-4H3,(H,9,17)(H,10,18)(H2,11,13,19)(H2,12,14,20). The smallest absolute Gasteiger partial charge is 0.270 e. The molecule has 0 unspecified atom stereocenters. The highest BCUT2D eigenvalue weighted by Crippen LogP contribution is 1.69. The van der Waals surface area contributed by atoms with Crippen molar-refractivity contribution in [3.8, 4) is 0 Å². The van der Waals surface area contributed by atoms with Crippen LogP contribution in [-0.2, 0) is 9.59 Å². The zero-order chi connectivity index (χ0) is 15.7. The van der Waals surface area contributed by atoms with Crippen molar-refractivity contribution in [2.24, 2.45) is 0 Å². The van der Waals surface area contributed by atoms with Gasteiger partial charge < -0.3 is 0 Å². The van der Waals surface area contributed by atoms with Crippen LogP contribution in [0.2, 0.25) is 0 Å². The van der Waals surface area contributed by atoms with Crippen molar-refractivity contribution >= 4 is 23.9 Å². The van der Waals surface area contributed by atoms with E-state index in [1.807, 2.05) is 21.7 Å². The van der Waals surface area contributed by atoms with Crippen molar-refractivity contribution in [3.63, 3.8) is 0 Å². The molecule has 12 heteroatoms. The third kappa shape index (κ3) is 8.48. The third-order valence-corrected chi connectivity index (χ3v) is 1.44. The van der Waals surface area contributed by atoms with Crippen molar-refractivity contribution in [2.45, 2.75) is 0 Å². The Hall–Kier alpha value is -2.60. The molecule has 0 radical (unpaired) electrons. The van der Waals surface area contributed by atoms with Crippen LogP contribution in [-0.4, -0.2) is 62.1 Å². The van der Waals surface area contributed by atoms with E-state index in [4.69, 9.17) is 0 Å². The SMILES string of the molecule is CN(C)NC(=O)NNC(=O)C(=O)NNC(=O)NN(C)C. The van der Waals surface area contributed by atoms with E-state index >= 15 is 0 Å². The summed E-state index contributed by atoms with van der Waals surface area (Å²) in [5, 5.41) is 2.66. The molecule has 114 valence electrons. The molecule has 0 spiro atoms. The minimum Gasteiger partial charge on any atom is -0.270 e. The summed E-state index contributed by atoms with van der Waals surface area (Å²) in [6, 6.07) is -1.48. The van der Waals surface area contributed by atoms with Gasteiger partial charge in [-0.15, -0.1) is 0 Å². The molecule has 0 fully saturated rings. The van der Waals surface area contributed by atoms with E-state index in [1.165, 1.54) is 10.0 Å². The summed E-state index contributed by atoms with van der Waals surface area (Å²) >= 11 is 0. The highest BCUT2D eigenvalue weighted by atomic mass is 16.2. The van der Waals surface area contributed by atoms with E-state index in [9.17, 15) is 19.2 Å². The molecule has 12 nitrogen and oxygen atoms in total. The molecule has 0 aliphatic heterocycles. The van der Waals surface area contributed by atoms with E-state index in [0.29, 0.717) is 0 Å². The Labute approximate surface area is 115 Å². The van der Waals surface area contributed by atoms with Gasteiger partial charge in [-0.2, -0.15) is 0 Å². The summed E-state index contributed by atoms with van der Waals surface area (Å²) < 4.78 is 0. The molecular weight excluding hydrogens is 272 g/mol. The molecule has 6 N–H and O–H groups in total. The molecule has 6 amide bonds. The van der Waals surface area contributed by atoms with Gasteiger partial charge in [-0.25, -0.2) is 30.5 Å². The molecule has 0 aliphatic carbocycles. The maximum Gasteiger partial charge on any atom is 0.347 e. The normalized spacial score (nSPS) is 9.70. The molecule has 0 aromatic carbocycles. The number of carbonyl (C=O) groups excluding carboxylic acids is 4. The fourth-order valence-electron chi connectivity index (χ4n) is 0.803. The molecule has 0 rings (SSSR count). The quantitative estimate of drug-likeness (QED) is 0.231. The minimum atomic E-state index is -1.16. The summed E-state index contributed by atoms with van der Waals surface area (Å²) in [7, 11) is 6.23. The Morgan fingerprint density at radius 2 is 0.900 bits per heavy atom. The predicted octanol–water partition coefficient (Wildman–Crippen LogP) is -3.40. The Morgan fingerprint density at radius 1 is 0.600 bits per heavy atom. The van der Waals surface area contributed by atoms with Gasteiger partial charge in [0.15, 0.2) is 0 Å². The Bertz CT molecular complexity index is 347. The maximum atomic E-state index is 11.2. The number of urea groups is 2. The number of hydrogen-bond acceptors (Lipinski definition) is 6. The number of hydrogen-bond donors (Lipinski definition) is 6. The molecule has 0 aliphatic rings. The lowest BCUT2D eigenvalue weighted by Crippen LogP contribution is -2.57. The summed E-state index contributed by atoms with van der Waals surface area (Å²) in [5.41, 5.74) is 12.0. The largest absolute Gasteiger partial charge is 0.347 e. The van der Waals surface area contributed by atoms with Crippen molar-refractivity contribution in [1.29, 1.82) is 0 Å². The molecule has 0 saturated carbocycles. The monoisotopic (exact) mass is 290 g/mol. The maximum absolute atomic E-state index is 11.2. The van der Waals surface area contributed by atoms with E-state index in [2.05, 4.69) is 10.9 Å². The van der Waals surface area contributed by atoms with Crippen LogP contribution in [0.4, 0.5) is 9.59 Å². The first kappa shape index (κ1) is 17.4. The third-order valence-electron chi connectivity index (χ3n) is 1.44. The van der Waals surface area contributed by atoms with Gasteiger partial charge in [-0.05, 0) is 0 Å². The Morgan fingerprint density at radius 3 is 1.15 bits per heavy atom. The van der Waals surface area contributed by atoms with Crippen LogP contribution in [0.1, 0.15) is 0 Å². The molecule has 0 aromatic heterocycles. The second kappa shape index (κ2) is 8.49. The lowest BCUT2D eigenvalue weighted by Gasteiger charge is -2.14. The average molecular weight is 290 g/mol. The van der Waals surface area contributed by atoms with Crippen LogP contribution in [0.3, 0.4) is 0 Å². The average Bonchev–Trinajstić information content (AvgIpc) is 2.31. The van der Waals surface area contributed by atoms with Crippen LogP contribution in [0.25, 0.3) is 0 Å². The number of nitrogens with one attached hydrogen (secondary N) is 6. The van der Waals surface area contributed by atoms with Gasteiger partial charge >= 0.3 is 23.9 Å². The van der Waals surface area contributed by atoms with Gasteiger partial charge in [0, 0.05) is 28.2 Å². The highest BCUT2D eigenvalue weighted by Gasteiger charge is 2.15. The summed E-state index contributed by atoms with van der Waals surface area (Å²) in [6.45, 7) is 0. The van der Waals surface area contributed by atoms with Crippen LogP contribution in [0.15, 0.2) is 0 Å². The zero-order valence-corrected chi connectivity index (χ0v) is 11.5. The zero-order valence-electron chi connectivity index (χ0n) is 11.5. The topological polar surface area (TPSA) is 147 Å². The second-order valence-electron chi connectivity index (χ2n) is 3.83. The summed E-state index contributed by atoms with van der Waals surface area (Å²) in [4.78, 5) is 44.6. The van der Waals surface area contributed by atoms with Gasteiger partial charge in [-0.1, -0.05) is 0 Å². The highest BCUT2D eigenvalue weighted by molar-refractivity contribution is 6.35. The van der Waals surface area contributed by atoms with E-state index in [0.717, 1.165) is 0 Å². The van der Waals surface area contributed by atoms with Gasteiger partial charge in [0.25, 0.3) is 0 Å². The summed E-state index contributed by atoms with van der Waals surface area (Å²) in [6.07, 6.45) is 0. The van der Waals surface area contributed by atoms with Gasteiger partial charge in [0.05, 0.1) is 0 Å². The van der Waals surface area contributed by atoms with Crippen molar-refractivity contribution < 1.29 is 19.2 Å². The van der Waals surface area contributed by atoms with Crippen LogP contribution >= 0.6 is 0 Å². The first-order valence-corrected chi connectivity index (χ1v) is 5.30. The van der Waals surface area contributed by atoms with E-state index in [-0.39, 0.29) is 0 Å². The number of carbonyl (C=O) groups is 4. The van der Waals surface area contributed by atoms with Crippen molar-refractivity contribution in [3.05, 3.63) is 0 Å². The van der Waals surface area contributed by atoms with Crippen LogP contribution < -0.4 is 32.6 Å². The fourth-order valence-corrected chi connectivity index (χ4v) is 0.803.